The number of para-hydroxylation sites is 1. The number of ether oxygens (including phenoxy) is 3. The third-order valence-electron chi connectivity index (χ3n) is 4.53. The van der Waals surface area contributed by atoms with Crippen LogP contribution in [0.1, 0.15) is 26.3 Å². The van der Waals surface area contributed by atoms with Crippen molar-refractivity contribution in [3.05, 3.63) is 93.5 Å². The lowest BCUT2D eigenvalue weighted by atomic mass is 10.1. The van der Waals surface area contributed by atoms with Gasteiger partial charge in [-0.2, -0.15) is 0 Å². The lowest BCUT2D eigenvalue weighted by Crippen LogP contribution is -2.12. The van der Waals surface area contributed by atoms with Crippen LogP contribution < -0.4 is 14.8 Å². The Morgan fingerprint density at radius 1 is 1.00 bits per heavy atom. The minimum absolute atomic E-state index is 0.0742. The number of nitro groups is 1. The van der Waals surface area contributed by atoms with Crippen LogP contribution in [0.3, 0.4) is 0 Å². The molecule has 0 aliphatic carbocycles. The van der Waals surface area contributed by atoms with E-state index in [0.29, 0.717) is 16.8 Å². The summed E-state index contributed by atoms with van der Waals surface area (Å²) in [6, 6.07) is 17.9. The molecule has 1 N–H and O–H groups in total. The molecule has 4 rings (SSSR count). The highest BCUT2D eigenvalue weighted by Crippen LogP contribution is 2.38. The second-order valence-corrected chi connectivity index (χ2v) is 6.57. The zero-order valence-electron chi connectivity index (χ0n) is 16.1. The Morgan fingerprint density at radius 3 is 2.35 bits per heavy atom. The molecule has 0 aromatic heterocycles. The number of rotatable bonds is 6. The van der Waals surface area contributed by atoms with Crippen LogP contribution in [0.4, 0.5) is 11.4 Å². The van der Waals surface area contributed by atoms with Crippen LogP contribution >= 0.6 is 0 Å². The van der Waals surface area contributed by atoms with E-state index in [1.807, 2.05) is 18.2 Å². The van der Waals surface area contributed by atoms with Crippen molar-refractivity contribution >= 4 is 23.3 Å². The first-order valence-corrected chi connectivity index (χ1v) is 9.22. The maximum Gasteiger partial charge on any atom is 0.345 e. The maximum absolute atomic E-state index is 12.4. The molecule has 31 heavy (non-hydrogen) atoms. The molecular formula is C22H16N2O7. The number of esters is 1. The van der Waals surface area contributed by atoms with E-state index >= 15 is 0 Å². The zero-order chi connectivity index (χ0) is 21.8. The molecule has 0 fully saturated rings. The number of hydrogen-bond acceptors (Lipinski definition) is 7. The first kappa shape index (κ1) is 19.9. The van der Waals surface area contributed by atoms with Crippen LogP contribution in [0, 0.1) is 10.1 Å². The Balaban J connectivity index is 1.41. The second kappa shape index (κ2) is 8.54. The summed E-state index contributed by atoms with van der Waals surface area (Å²) in [5, 5.41) is 14.1. The molecule has 0 spiro atoms. The third kappa shape index (κ3) is 4.45. The number of nitrogens with zero attached hydrogens (tertiary/aromatic N) is 1. The highest BCUT2D eigenvalue weighted by Gasteiger charge is 2.28. The van der Waals surface area contributed by atoms with Gasteiger partial charge in [0, 0.05) is 17.3 Å². The van der Waals surface area contributed by atoms with E-state index in [4.69, 9.17) is 14.2 Å². The number of nitrogens with one attached hydrogen (secondary N) is 1. The van der Waals surface area contributed by atoms with Gasteiger partial charge >= 0.3 is 5.97 Å². The van der Waals surface area contributed by atoms with E-state index in [0.717, 1.165) is 6.07 Å². The van der Waals surface area contributed by atoms with E-state index in [1.54, 1.807) is 36.4 Å². The van der Waals surface area contributed by atoms with E-state index < -0.39 is 16.6 Å². The minimum atomic E-state index is -0.865. The Labute approximate surface area is 176 Å². The van der Waals surface area contributed by atoms with Gasteiger partial charge in [-0.25, -0.2) is 4.79 Å². The van der Waals surface area contributed by atoms with Crippen LogP contribution in [0.15, 0.2) is 66.7 Å². The predicted octanol–water partition coefficient (Wildman–Crippen LogP) is 3.93. The SMILES string of the molecule is O=C(Nc1ccccc1)c1ccc(COC(=O)c2cc3c(cc2[N+](=O)[O-])OCO3)cc1. The first-order chi connectivity index (χ1) is 15.0. The van der Waals surface area contributed by atoms with Gasteiger partial charge in [-0.05, 0) is 29.8 Å². The average molecular weight is 420 g/mol. The molecule has 0 saturated carbocycles. The monoisotopic (exact) mass is 420 g/mol. The number of benzene rings is 3. The van der Waals surface area contributed by atoms with Gasteiger partial charge in [-0.15, -0.1) is 0 Å². The van der Waals surface area contributed by atoms with Crippen LogP contribution in [-0.4, -0.2) is 23.6 Å². The van der Waals surface area contributed by atoms with Gasteiger partial charge in [0.05, 0.1) is 11.0 Å². The highest BCUT2D eigenvalue weighted by atomic mass is 16.7. The maximum atomic E-state index is 12.4. The lowest BCUT2D eigenvalue weighted by molar-refractivity contribution is -0.385. The summed E-state index contributed by atoms with van der Waals surface area (Å²) < 4.78 is 15.5. The molecule has 1 aliphatic heterocycles. The molecule has 0 saturated heterocycles. The molecule has 9 nitrogen and oxygen atoms in total. The third-order valence-corrected chi connectivity index (χ3v) is 4.53. The van der Waals surface area contributed by atoms with E-state index in [9.17, 15) is 19.7 Å². The molecule has 3 aromatic carbocycles. The minimum Gasteiger partial charge on any atom is -0.457 e. The Hall–Kier alpha value is -4.40. The van der Waals surface area contributed by atoms with Crippen molar-refractivity contribution in [1.29, 1.82) is 0 Å². The number of carbonyl (C=O) groups is 2. The molecule has 0 atom stereocenters. The van der Waals surface area contributed by atoms with Gasteiger partial charge in [0.2, 0.25) is 6.79 Å². The summed E-state index contributed by atoms with van der Waals surface area (Å²) in [5.41, 5.74) is 1.07. The average Bonchev–Trinajstić information content (AvgIpc) is 3.25. The smallest absolute Gasteiger partial charge is 0.345 e. The van der Waals surface area contributed by atoms with Crippen LogP contribution in [0.2, 0.25) is 0 Å². The number of nitro benzene ring substituents is 1. The van der Waals surface area contributed by atoms with Gasteiger partial charge < -0.3 is 19.5 Å². The molecule has 0 bridgehead atoms. The number of amides is 1. The summed E-state index contributed by atoms with van der Waals surface area (Å²) in [6.45, 7) is -0.194. The van der Waals surface area contributed by atoms with Crippen molar-refractivity contribution in [2.24, 2.45) is 0 Å². The normalized spacial score (nSPS) is 11.6. The summed E-state index contributed by atoms with van der Waals surface area (Å²) in [7, 11) is 0. The fraction of sp³-hybridized carbons (Fsp3) is 0.0909. The standard InChI is InChI=1S/C22H16N2O7/c25-21(23-16-4-2-1-3-5-16)15-8-6-14(7-9-15)12-29-22(26)17-10-19-20(31-13-30-19)11-18(17)24(27)28/h1-11H,12-13H2,(H,23,25). The van der Waals surface area contributed by atoms with E-state index in [1.165, 1.54) is 6.07 Å². The van der Waals surface area contributed by atoms with Crippen molar-refractivity contribution in [2.75, 3.05) is 12.1 Å². The number of hydrogen-bond donors (Lipinski definition) is 1. The van der Waals surface area contributed by atoms with Crippen molar-refractivity contribution < 1.29 is 28.7 Å². The molecule has 0 radical (unpaired) electrons. The molecule has 1 heterocycles. The number of carbonyl (C=O) groups excluding carboxylic acids is 2. The fourth-order valence-corrected chi connectivity index (χ4v) is 2.95. The van der Waals surface area contributed by atoms with Crippen molar-refractivity contribution in [3.8, 4) is 11.5 Å². The van der Waals surface area contributed by atoms with E-state index in [-0.39, 0.29) is 36.4 Å². The fourth-order valence-electron chi connectivity index (χ4n) is 2.95. The summed E-state index contributed by atoms with van der Waals surface area (Å²) in [5.74, 6) is -0.694. The van der Waals surface area contributed by atoms with E-state index in [2.05, 4.69) is 5.32 Å². The summed E-state index contributed by atoms with van der Waals surface area (Å²) in [6.07, 6.45) is 0. The second-order valence-electron chi connectivity index (χ2n) is 6.57. The van der Waals surface area contributed by atoms with Crippen LogP contribution in [0.5, 0.6) is 11.5 Å². The Morgan fingerprint density at radius 2 is 1.68 bits per heavy atom. The molecule has 9 heteroatoms. The Bertz CT molecular complexity index is 1140. The molecule has 156 valence electrons. The molecule has 1 amide bonds. The molecule has 0 unspecified atom stereocenters. The molecule has 1 aliphatic rings. The van der Waals surface area contributed by atoms with Gasteiger partial charge in [-0.1, -0.05) is 30.3 Å². The van der Waals surface area contributed by atoms with Gasteiger partial charge in [0.15, 0.2) is 11.5 Å². The van der Waals surface area contributed by atoms with Crippen molar-refractivity contribution in [1.82, 2.24) is 0 Å². The van der Waals surface area contributed by atoms with Gasteiger partial charge in [-0.3, -0.25) is 14.9 Å². The topological polar surface area (TPSA) is 117 Å². The lowest BCUT2D eigenvalue weighted by Gasteiger charge is -2.08. The van der Waals surface area contributed by atoms with Crippen LogP contribution in [-0.2, 0) is 11.3 Å². The quantitative estimate of drug-likeness (QED) is 0.365. The predicted molar refractivity (Wildman–Crippen MR) is 109 cm³/mol. The Kier molecular flexibility index (Phi) is 5.48. The van der Waals surface area contributed by atoms with Crippen molar-refractivity contribution in [2.45, 2.75) is 6.61 Å². The highest BCUT2D eigenvalue weighted by molar-refractivity contribution is 6.04. The summed E-state index contributed by atoms with van der Waals surface area (Å²) in [4.78, 5) is 35.3. The zero-order valence-corrected chi connectivity index (χ0v) is 16.1. The van der Waals surface area contributed by atoms with Crippen LogP contribution in [0.25, 0.3) is 0 Å². The summed E-state index contributed by atoms with van der Waals surface area (Å²) >= 11 is 0. The van der Waals surface area contributed by atoms with Crippen molar-refractivity contribution in [3.63, 3.8) is 0 Å². The first-order valence-electron chi connectivity index (χ1n) is 9.22. The number of fused-ring (bicyclic) bond motifs is 1. The largest absolute Gasteiger partial charge is 0.457 e. The van der Waals surface area contributed by atoms with Gasteiger partial charge in [0.1, 0.15) is 12.2 Å². The molecule has 3 aromatic rings. The van der Waals surface area contributed by atoms with Gasteiger partial charge in [0.25, 0.3) is 11.6 Å². The molecular weight excluding hydrogens is 404 g/mol. The number of anilines is 1.